The third-order valence-corrected chi connectivity index (χ3v) is 13.0. The van der Waals surface area contributed by atoms with Gasteiger partial charge in [-0.25, -0.2) is 0 Å². The number of carbonyl (C=O) groups is 1. The van der Waals surface area contributed by atoms with E-state index in [9.17, 15) is 14.3 Å². The number of phosphoric acid groups is 1. The minimum absolute atomic E-state index is 0.0216. The summed E-state index contributed by atoms with van der Waals surface area (Å²) in [6, 6.07) is 0. The summed E-state index contributed by atoms with van der Waals surface area (Å²) in [6.45, 7) is 5.31. The predicted molar refractivity (Wildman–Crippen MR) is 286 cm³/mol. The van der Waals surface area contributed by atoms with Gasteiger partial charge in [0.2, 0.25) is 0 Å². The highest BCUT2D eigenvalue weighted by Gasteiger charge is 2.20. The molecule has 67 heavy (non-hydrogen) atoms. The number of carbonyl (C=O) groups excluding carboxylic acids is 1. The topological polar surface area (TPSA) is 94.1 Å². The van der Waals surface area contributed by atoms with E-state index >= 15 is 0 Å². The lowest BCUT2D eigenvalue weighted by atomic mass is 10.0. The molecule has 0 aromatic heterocycles. The van der Waals surface area contributed by atoms with E-state index in [0.717, 1.165) is 70.6 Å². The van der Waals surface area contributed by atoms with Crippen LogP contribution in [0.4, 0.5) is 0 Å². The third kappa shape index (κ3) is 55.0. The van der Waals surface area contributed by atoms with E-state index < -0.39 is 13.9 Å². The Morgan fingerprint density at radius 1 is 0.478 bits per heavy atom. The number of nitrogens with zero attached hydrogens (tertiary/aromatic N) is 1. The molecular formula is C58H108NO7P. The Bertz CT molecular complexity index is 1260. The molecule has 0 N–H and O–H groups in total. The Kier molecular flexibility index (Phi) is 49.2. The maximum atomic E-state index is 12.8. The van der Waals surface area contributed by atoms with Crippen molar-refractivity contribution < 1.29 is 37.3 Å². The van der Waals surface area contributed by atoms with Gasteiger partial charge in [0.15, 0.2) is 0 Å². The van der Waals surface area contributed by atoms with Crippen LogP contribution < -0.4 is 4.89 Å². The first-order chi connectivity index (χ1) is 32.6. The van der Waals surface area contributed by atoms with Crippen molar-refractivity contribution >= 4 is 13.8 Å². The molecule has 0 aliphatic rings. The molecule has 0 aliphatic heterocycles. The lowest BCUT2D eigenvalue weighted by Crippen LogP contribution is -2.37. The van der Waals surface area contributed by atoms with E-state index in [1.165, 1.54) is 154 Å². The molecule has 392 valence electrons. The molecule has 2 unspecified atom stereocenters. The maximum absolute atomic E-state index is 12.8. The van der Waals surface area contributed by atoms with E-state index in [1.54, 1.807) is 0 Å². The van der Waals surface area contributed by atoms with E-state index in [2.05, 4.69) is 74.6 Å². The van der Waals surface area contributed by atoms with Gasteiger partial charge in [0, 0.05) is 13.0 Å². The molecule has 0 rings (SSSR count). The van der Waals surface area contributed by atoms with Gasteiger partial charge < -0.3 is 27.9 Å². The number of esters is 1. The highest BCUT2D eigenvalue weighted by molar-refractivity contribution is 7.45. The monoisotopic (exact) mass is 962 g/mol. The molecule has 0 fully saturated rings. The van der Waals surface area contributed by atoms with Crippen LogP contribution in [0, 0.1) is 0 Å². The lowest BCUT2D eigenvalue weighted by molar-refractivity contribution is -0.870. The van der Waals surface area contributed by atoms with Crippen LogP contribution in [-0.4, -0.2) is 70.7 Å². The molecule has 0 spiro atoms. The molecule has 0 radical (unpaired) electrons. The van der Waals surface area contributed by atoms with Gasteiger partial charge in [0.1, 0.15) is 19.3 Å². The van der Waals surface area contributed by atoms with Gasteiger partial charge in [-0.2, -0.15) is 0 Å². The second-order valence-corrected chi connectivity index (χ2v) is 21.3. The number of ether oxygens (including phenoxy) is 2. The largest absolute Gasteiger partial charge is 0.756 e. The van der Waals surface area contributed by atoms with E-state index in [1.807, 2.05) is 21.1 Å². The van der Waals surface area contributed by atoms with Crippen molar-refractivity contribution in [2.24, 2.45) is 0 Å². The van der Waals surface area contributed by atoms with E-state index in [4.69, 9.17) is 18.5 Å². The van der Waals surface area contributed by atoms with E-state index in [0.29, 0.717) is 24.1 Å². The standard InChI is InChI=1S/C58H108NO7P/c1-6-8-10-12-14-16-18-20-22-24-26-27-28-29-30-31-32-34-36-38-40-42-44-46-48-50-53-63-55-57(56-65-67(61,62)64-54-52-59(3,4)5)66-58(60)51-49-47-45-43-41-39-37-35-33-25-23-21-19-17-15-13-11-9-7-2/h9,11,15,17,21,23-24,26,33,35,57H,6-8,10,12-14,16,18-20,22,25,27-32,34,36-56H2,1-5H3/b11-9-,17-15-,23-21-,26-24-,35-33-. The van der Waals surface area contributed by atoms with Crippen LogP contribution in [-0.2, 0) is 27.9 Å². The number of phosphoric ester groups is 1. The Hall–Kier alpha value is -1.80. The SMILES string of the molecule is CC/C=C\C/C=C\C/C=C\C/C=C\CCCCCCCCC(=O)OC(COCCCCCCCCCCCCCCCC/C=C\CCCCCCCCCC)COP(=O)([O-])OCC[N+](C)(C)C. The molecule has 0 bridgehead atoms. The summed E-state index contributed by atoms with van der Waals surface area (Å²) in [5, 5.41) is 0. The minimum atomic E-state index is -4.54. The van der Waals surface area contributed by atoms with Crippen LogP contribution in [0.2, 0.25) is 0 Å². The van der Waals surface area contributed by atoms with Crippen molar-refractivity contribution in [3.8, 4) is 0 Å². The highest BCUT2D eigenvalue weighted by atomic mass is 31.2. The summed E-state index contributed by atoms with van der Waals surface area (Å²) in [7, 11) is 1.35. The van der Waals surface area contributed by atoms with Crippen molar-refractivity contribution in [3.63, 3.8) is 0 Å². The molecule has 9 heteroatoms. The van der Waals surface area contributed by atoms with Crippen molar-refractivity contribution in [1.29, 1.82) is 0 Å². The smallest absolute Gasteiger partial charge is 0.306 e. The summed E-state index contributed by atoms with van der Waals surface area (Å²) in [5.74, 6) is -0.346. The molecule has 0 saturated carbocycles. The molecule has 0 aromatic rings. The molecule has 0 aliphatic carbocycles. The first-order valence-corrected chi connectivity index (χ1v) is 29.5. The number of hydrogen-bond acceptors (Lipinski definition) is 7. The zero-order valence-corrected chi connectivity index (χ0v) is 45.5. The van der Waals surface area contributed by atoms with Gasteiger partial charge in [-0.15, -0.1) is 0 Å². The highest BCUT2D eigenvalue weighted by Crippen LogP contribution is 2.38. The summed E-state index contributed by atoms with van der Waals surface area (Å²) in [6.07, 6.45) is 65.5. The zero-order chi connectivity index (χ0) is 49.0. The lowest BCUT2D eigenvalue weighted by Gasteiger charge is -2.28. The number of allylic oxidation sites excluding steroid dienone is 10. The van der Waals surface area contributed by atoms with Gasteiger partial charge in [-0.05, 0) is 77.0 Å². The second-order valence-electron chi connectivity index (χ2n) is 19.9. The zero-order valence-electron chi connectivity index (χ0n) is 44.6. The summed E-state index contributed by atoms with van der Waals surface area (Å²) >= 11 is 0. The molecule has 0 amide bonds. The van der Waals surface area contributed by atoms with E-state index in [-0.39, 0.29) is 25.8 Å². The fourth-order valence-corrected chi connectivity index (χ4v) is 8.50. The van der Waals surface area contributed by atoms with Gasteiger partial charge in [0.25, 0.3) is 7.82 Å². The Morgan fingerprint density at radius 3 is 1.31 bits per heavy atom. The third-order valence-electron chi connectivity index (χ3n) is 12.1. The average molecular weight is 962 g/mol. The maximum Gasteiger partial charge on any atom is 0.306 e. The number of unbranched alkanes of at least 4 members (excludes halogenated alkanes) is 28. The van der Waals surface area contributed by atoms with Crippen LogP contribution >= 0.6 is 7.82 Å². The number of hydrogen-bond donors (Lipinski definition) is 0. The Labute approximate surface area is 415 Å². The van der Waals surface area contributed by atoms with Crippen LogP contribution in [0.5, 0.6) is 0 Å². The van der Waals surface area contributed by atoms with Crippen molar-refractivity contribution in [3.05, 3.63) is 60.8 Å². The normalized spacial score (nSPS) is 13.9. The first-order valence-electron chi connectivity index (χ1n) is 28.0. The molecule has 0 heterocycles. The predicted octanol–water partition coefficient (Wildman–Crippen LogP) is 17.0. The van der Waals surface area contributed by atoms with Crippen LogP contribution in [0.1, 0.15) is 245 Å². The summed E-state index contributed by atoms with van der Waals surface area (Å²) < 4.78 is 34.8. The Balaban J connectivity index is 4.08. The van der Waals surface area contributed by atoms with Crippen molar-refractivity contribution in [2.45, 2.75) is 251 Å². The summed E-state index contributed by atoms with van der Waals surface area (Å²) in [4.78, 5) is 25.2. The average Bonchev–Trinajstić information content (AvgIpc) is 3.29. The molecular weight excluding hydrogens is 854 g/mol. The van der Waals surface area contributed by atoms with Crippen LogP contribution in [0.25, 0.3) is 0 Å². The van der Waals surface area contributed by atoms with Crippen molar-refractivity contribution in [1.82, 2.24) is 0 Å². The number of likely N-dealkylation sites (N-methyl/N-ethyl adjacent to an activating group) is 1. The van der Waals surface area contributed by atoms with Gasteiger partial charge in [-0.1, -0.05) is 222 Å². The van der Waals surface area contributed by atoms with Crippen LogP contribution in [0.15, 0.2) is 60.8 Å². The van der Waals surface area contributed by atoms with Crippen LogP contribution in [0.3, 0.4) is 0 Å². The van der Waals surface area contributed by atoms with Gasteiger partial charge >= 0.3 is 5.97 Å². The fourth-order valence-electron chi connectivity index (χ4n) is 7.77. The molecule has 0 saturated heterocycles. The van der Waals surface area contributed by atoms with Gasteiger partial charge in [-0.3, -0.25) is 9.36 Å². The minimum Gasteiger partial charge on any atom is -0.756 e. The van der Waals surface area contributed by atoms with Crippen molar-refractivity contribution in [2.75, 3.05) is 54.1 Å². The summed E-state index contributed by atoms with van der Waals surface area (Å²) in [5.41, 5.74) is 0. The Morgan fingerprint density at radius 2 is 0.866 bits per heavy atom. The quantitative estimate of drug-likeness (QED) is 0.0197. The fraction of sp³-hybridized carbons (Fsp3) is 0.810. The second kappa shape index (κ2) is 50.6. The number of rotatable bonds is 52. The molecule has 0 aromatic carbocycles. The van der Waals surface area contributed by atoms with Gasteiger partial charge in [0.05, 0.1) is 34.4 Å². The molecule has 8 nitrogen and oxygen atoms in total. The first kappa shape index (κ1) is 65.2. The molecule has 2 atom stereocenters. The number of quaternary nitrogens is 1.